The minimum atomic E-state index is -0.447. The molecule has 2 N–H and O–H groups in total. The number of hydrogen-bond acceptors (Lipinski definition) is 2. The largest absolute Gasteiger partial charge is 0.393 e. The second-order valence-corrected chi connectivity index (χ2v) is 10.4. The summed E-state index contributed by atoms with van der Waals surface area (Å²) in [5, 5.41) is 21.4. The van der Waals surface area contributed by atoms with Crippen LogP contribution in [0.25, 0.3) is 0 Å². The second kappa shape index (κ2) is 4.30. The third kappa shape index (κ3) is 1.75. The first-order valence-corrected chi connectivity index (χ1v) is 9.51. The van der Waals surface area contributed by atoms with E-state index in [4.69, 9.17) is 0 Å². The first-order chi connectivity index (χ1) is 10.1. The Hall–Kier alpha value is -0.0800. The van der Waals surface area contributed by atoms with E-state index >= 15 is 0 Å². The summed E-state index contributed by atoms with van der Waals surface area (Å²) in [6, 6.07) is 0. The smallest absolute Gasteiger partial charge is 0.0648 e. The van der Waals surface area contributed by atoms with Gasteiger partial charge in [0.2, 0.25) is 0 Å². The summed E-state index contributed by atoms with van der Waals surface area (Å²) in [5.41, 5.74) is 0.464. The highest BCUT2D eigenvalue weighted by atomic mass is 16.3. The predicted molar refractivity (Wildman–Crippen MR) is 88.4 cm³/mol. The highest BCUT2D eigenvalue weighted by Crippen LogP contribution is 2.75. The maximum Gasteiger partial charge on any atom is 0.0648 e. The van der Waals surface area contributed by atoms with Crippen molar-refractivity contribution in [1.82, 2.24) is 0 Å². The minimum absolute atomic E-state index is 0.133. The van der Waals surface area contributed by atoms with E-state index < -0.39 is 5.60 Å². The number of aliphatic hydroxyl groups is 2. The van der Waals surface area contributed by atoms with Crippen molar-refractivity contribution in [3.8, 4) is 0 Å². The van der Waals surface area contributed by atoms with Crippen molar-refractivity contribution in [2.24, 2.45) is 34.0 Å². The quantitative estimate of drug-likeness (QED) is 0.706. The Kier molecular flexibility index (Phi) is 3.02. The Morgan fingerprint density at radius 3 is 2.32 bits per heavy atom. The maximum atomic E-state index is 10.8. The van der Waals surface area contributed by atoms with Gasteiger partial charge in [-0.2, -0.15) is 0 Å². The molecule has 0 saturated heterocycles. The van der Waals surface area contributed by atoms with Crippen LogP contribution in [0.5, 0.6) is 0 Å². The van der Waals surface area contributed by atoms with E-state index in [1.807, 2.05) is 0 Å². The van der Waals surface area contributed by atoms with Gasteiger partial charge in [0.15, 0.2) is 0 Å². The van der Waals surface area contributed by atoms with Crippen molar-refractivity contribution < 1.29 is 10.2 Å². The van der Waals surface area contributed by atoms with E-state index in [1.165, 1.54) is 32.1 Å². The summed E-state index contributed by atoms with van der Waals surface area (Å²) in [6.45, 7) is 9.36. The lowest BCUT2D eigenvalue weighted by atomic mass is 9.39. The van der Waals surface area contributed by atoms with Gasteiger partial charge in [0.1, 0.15) is 0 Å². The molecule has 22 heavy (non-hydrogen) atoms. The monoisotopic (exact) mass is 306 g/mol. The Morgan fingerprint density at radius 2 is 1.59 bits per heavy atom. The van der Waals surface area contributed by atoms with E-state index in [9.17, 15) is 10.2 Å². The van der Waals surface area contributed by atoms with E-state index in [0.29, 0.717) is 11.3 Å². The molecule has 2 heteroatoms. The lowest BCUT2D eigenvalue weighted by Gasteiger charge is -2.66. The van der Waals surface area contributed by atoms with E-state index in [0.717, 1.165) is 31.1 Å². The molecule has 4 aliphatic rings. The highest BCUT2D eigenvalue weighted by molar-refractivity contribution is 5.18. The minimum Gasteiger partial charge on any atom is -0.393 e. The SMILES string of the molecule is CC1(C)CC(O)CC2(C)C1CCC1CC3CC12CCC3(C)O. The van der Waals surface area contributed by atoms with Crippen LogP contribution in [0.2, 0.25) is 0 Å². The van der Waals surface area contributed by atoms with Gasteiger partial charge in [-0.1, -0.05) is 20.8 Å². The molecular formula is C20H34O2. The lowest BCUT2D eigenvalue weighted by Crippen LogP contribution is -2.60. The normalized spacial score (nSPS) is 59.7. The van der Waals surface area contributed by atoms with Crippen LogP contribution in [-0.2, 0) is 0 Å². The Labute approximate surface area is 135 Å². The fraction of sp³-hybridized carbons (Fsp3) is 1.00. The number of rotatable bonds is 0. The van der Waals surface area contributed by atoms with E-state index in [-0.39, 0.29) is 16.9 Å². The van der Waals surface area contributed by atoms with Crippen molar-refractivity contribution in [2.75, 3.05) is 0 Å². The van der Waals surface area contributed by atoms with Crippen LogP contribution in [0.3, 0.4) is 0 Å². The summed E-state index contributed by atoms with van der Waals surface area (Å²) in [4.78, 5) is 0. The van der Waals surface area contributed by atoms with Gasteiger partial charge < -0.3 is 10.2 Å². The van der Waals surface area contributed by atoms with Crippen LogP contribution >= 0.6 is 0 Å². The van der Waals surface area contributed by atoms with Crippen LogP contribution in [0, 0.1) is 34.0 Å². The molecule has 0 aromatic rings. The maximum absolute atomic E-state index is 10.8. The predicted octanol–water partition coefficient (Wildman–Crippen LogP) is 4.14. The van der Waals surface area contributed by atoms with Gasteiger partial charge >= 0.3 is 0 Å². The molecule has 7 unspecified atom stereocenters. The zero-order valence-corrected chi connectivity index (χ0v) is 14.9. The van der Waals surface area contributed by atoms with Gasteiger partial charge in [-0.25, -0.2) is 0 Å². The van der Waals surface area contributed by atoms with E-state index in [1.54, 1.807) is 0 Å². The molecule has 126 valence electrons. The van der Waals surface area contributed by atoms with Crippen LogP contribution in [0.4, 0.5) is 0 Å². The molecule has 0 heterocycles. The summed E-state index contributed by atoms with van der Waals surface area (Å²) in [6.07, 6.45) is 9.09. The average Bonchev–Trinajstić information content (AvgIpc) is 2.71. The molecule has 2 nitrogen and oxygen atoms in total. The van der Waals surface area contributed by atoms with Crippen molar-refractivity contribution in [1.29, 1.82) is 0 Å². The summed E-state index contributed by atoms with van der Waals surface area (Å²) < 4.78 is 0. The van der Waals surface area contributed by atoms with Crippen molar-refractivity contribution in [3.63, 3.8) is 0 Å². The molecule has 4 saturated carbocycles. The lowest BCUT2D eigenvalue weighted by molar-refractivity contribution is -0.193. The molecule has 0 aliphatic heterocycles. The molecule has 0 aromatic heterocycles. The summed E-state index contributed by atoms with van der Waals surface area (Å²) >= 11 is 0. The molecular weight excluding hydrogens is 272 g/mol. The summed E-state index contributed by atoms with van der Waals surface area (Å²) in [5.74, 6) is 2.01. The molecule has 0 radical (unpaired) electrons. The fourth-order valence-electron chi connectivity index (χ4n) is 8.04. The van der Waals surface area contributed by atoms with Crippen LogP contribution < -0.4 is 0 Å². The first kappa shape index (κ1) is 15.4. The van der Waals surface area contributed by atoms with Crippen LogP contribution in [0.15, 0.2) is 0 Å². The molecule has 4 rings (SSSR count). The van der Waals surface area contributed by atoms with Crippen molar-refractivity contribution >= 4 is 0 Å². The Bertz CT molecular complexity index is 482. The Morgan fingerprint density at radius 1 is 0.864 bits per heavy atom. The fourth-order valence-corrected chi connectivity index (χ4v) is 8.04. The van der Waals surface area contributed by atoms with Crippen molar-refractivity contribution in [3.05, 3.63) is 0 Å². The molecule has 7 atom stereocenters. The van der Waals surface area contributed by atoms with Crippen LogP contribution in [0.1, 0.15) is 79.1 Å². The highest BCUT2D eigenvalue weighted by Gasteiger charge is 2.69. The number of hydrogen-bond donors (Lipinski definition) is 2. The van der Waals surface area contributed by atoms with Gasteiger partial charge in [-0.3, -0.25) is 0 Å². The van der Waals surface area contributed by atoms with Gasteiger partial charge in [0.05, 0.1) is 11.7 Å². The number of fused-ring (bicyclic) bond motifs is 2. The third-order valence-electron chi connectivity index (χ3n) is 8.99. The molecule has 4 aliphatic carbocycles. The van der Waals surface area contributed by atoms with E-state index in [2.05, 4.69) is 27.7 Å². The molecule has 2 bridgehead atoms. The first-order valence-electron chi connectivity index (χ1n) is 9.51. The Balaban J connectivity index is 1.78. The topological polar surface area (TPSA) is 40.5 Å². The van der Waals surface area contributed by atoms with Gasteiger partial charge in [0.25, 0.3) is 0 Å². The van der Waals surface area contributed by atoms with Crippen molar-refractivity contribution in [2.45, 2.75) is 90.8 Å². The van der Waals surface area contributed by atoms with Gasteiger partial charge in [-0.05, 0) is 92.3 Å². The standard InChI is InChI=1S/C20H34O2/c1-17(2)11-15(21)12-18(3)16(17)6-5-13-9-14-10-20(13,18)8-7-19(14,4)22/h13-16,21-22H,5-12H2,1-4H3. The third-order valence-corrected chi connectivity index (χ3v) is 8.99. The zero-order chi connectivity index (χ0) is 16.0. The number of aliphatic hydroxyl groups excluding tert-OH is 1. The van der Waals surface area contributed by atoms with Gasteiger partial charge in [0, 0.05) is 0 Å². The molecule has 1 spiro atoms. The molecule has 0 aromatic carbocycles. The zero-order valence-electron chi connectivity index (χ0n) is 14.9. The second-order valence-electron chi connectivity index (χ2n) is 10.4. The van der Waals surface area contributed by atoms with Gasteiger partial charge in [-0.15, -0.1) is 0 Å². The molecule has 0 amide bonds. The summed E-state index contributed by atoms with van der Waals surface area (Å²) in [7, 11) is 0. The van der Waals surface area contributed by atoms with Crippen LogP contribution in [-0.4, -0.2) is 21.9 Å². The molecule has 4 fully saturated rings. The average molecular weight is 306 g/mol.